The van der Waals surface area contributed by atoms with Crippen LogP contribution in [-0.4, -0.2) is 23.3 Å². The van der Waals surface area contributed by atoms with Crippen molar-refractivity contribution >= 4 is 5.78 Å². The van der Waals surface area contributed by atoms with Gasteiger partial charge in [0, 0.05) is 24.4 Å². The van der Waals surface area contributed by atoms with Crippen molar-refractivity contribution in [1.82, 2.24) is 4.90 Å². The predicted octanol–water partition coefficient (Wildman–Crippen LogP) is 4.55. The Hall–Kier alpha value is -1.67. The van der Waals surface area contributed by atoms with Crippen molar-refractivity contribution in [2.75, 3.05) is 6.54 Å². The van der Waals surface area contributed by atoms with E-state index in [1.165, 1.54) is 5.56 Å². The molecule has 0 bridgehead atoms. The summed E-state index contributed by atoms with van der Waals surface area (Å²) < 4.78 is 0. The van der Waals surface area contributed by atoms with Gasteiger partial charge in [-0.05, 0) is 31.4 Å². The van der Waals surface area contributed by atoms with Crippen LogP contribution in [0.4, 0.5) is 0 Å². The molecule has 1 aromatic carbocycles. The highest BCUT2D eigenvalue weighted by molar-refractivity contribution is 5.83. The summed E-state index contributed by atoms with van der Waals surface area (Å²) in [4.78, 5) is 15.0. The highest BCUT2D eigenvalue weighted by atomic mass is 16.1. The molecule has 1 fully saturated rings. The number of nitrogens with zero attached hydrogens (tertiary/aromatic N) is 1. The lowest BCUT2D eigenvalue weighted by atomic mass is 9.81. The van der Waals surface area contributed by atoms with Crippen LogP contribution in [0.25, 0.3) is 0 Å². The van der Waals surface area contributed by atoms with E-state index in [-0.39, 0.29) is 18.0 Å². The van der Waals surface area contributed by atoms with Gasteiger partial charge in [-0.15, -0.1) is 13.2 Å². The molecule has 3 atom stereocenters. The van der Waals surface area contributed by atoms with Crippen molar-refractivity contribution in [3.05, 3.63) is 61.2 Å². The van der Waals surface area contributed by atoms with Crippen molar-refractivity contribution in [1.29, 1.82) is 0 Å². The molecule has 0 aromatic heterocycles. The Kier molecular flexibility index (Phi) is 6.14. The maximum absolute atomic E-state index is 12.5. The SMILES string of the molecule is C=CCCCN1[C@H](c2ccccc2)CC(=O)[C@@H](C)[C@@H]1CC=C. The van der Waals surface area contributed by atoms with E-state index in [0.29, 0.717) is 12.2 Å². The summed E-state index contributed by atoms with van der Waals surface area (Å²) in [5.74, 6) is 0.461. The second-order valence-corrected chi connectivity index (χ2v) is 6.15. The molecule has 0 saturated carbocycles. The minimum atomic E-state index is 0.0849. The lowest BCUT2D eigenvalue weighted by Gasteiger charge is -2.45. The van der Waals surface area contributed by atoms with Crippen molar-refractivity contribution in [3.63, 3.8) is 0 Å². The molecule has 1 aliphatic heterocycles. The first kappa shape index (κ1) is 16.7. The molecule has 0 spiro atoms. The first-order chi connectivity index (χ1) is 10.7. The van der Waals surface area contributed by atoms with Crippen molar-refractivity contribution in [2.24, 2.45) is 5.92 Å². The monoisotopic (exact) mass is 297 g/mol. The fourth-order valence-electron chi connectivity index (χ4n) is 3.46. The first-order valence-electron chi connectivity index (χ1n) is 8.24. The van der Waals surface area contributed by atoms with Crippen molar-refractivity contribution in [3.8, 4) is 0 Å². The van der Waals surface area contributed by atoms with Gasteiger partial charge in [0.1, 0.15) is 5.78 Å². The molecule has 2 heteroatoms. The average Bonchev–Trinajstić information content (AvgIpc) is 2.54. The van der Waals surface area contributed by atoms with Crippen LogP contribution in [-0.2, 0) is 4.79 Å². The van der Waals surface area contributed by atoms with Gasteiger partial charge in [-0.1, -0.05) is 49.4 Å². The van der Waals surface area contributed by atoms with Gasteiger partial charge in [0.2, 0.25) is 0 Å². The van der Waals surface area contributed by atoms with Gasteiger partial charge in [0.05, 0.1) is 0 Å². The Balaban J connectivity index is 2.28. The van der Waals surface area contributed by atoms with Gasteiger partial charge >= 0.3 is 0 Å². The molecule has 22 heavy (non-hydrogen) atoms. The molecule has 0 aliphatic carbocycles. The van der Waals surface area contributed by atoms with Gasteiger partial charge in [-0.25, -0.2) is 0 Å². The maximum atomic E-state index is 12.5. The summed E-state index contributed by atoms with van der Waals surface area (Å²) in [6, 6.07) is 10.9. The Morgan fingerprint density at radius 3 is 2.59 bits per heavy atom. The zero-order chi connectivity index (χ0) is 15.9. The number of unbranched alkanes of at least 4 members (excludes halogenated alkanes) is 1. The second kappa shape index (κ2) is 8.09. The Bertz CT molecular complexity index is 508. The number of hydrogen-bond acceptors (Lipinski definition) is 2. The zero-order valence-electron chi connectivity index (χ0n) is 13.6. The van der Waals surface area contributed by atoms with Gasteiger partial charge in [0.15, 0.2) is 0 Å². The fraction of sp³-hybridized carbons (Fsp3) is 0.450. The quantitative estimate of drug-likeness (QED) is 0.543. The van der Waals surface area contributed by atoms with E-state index in [2.05, 4.69) is 49.2 Å². The topological polar surface area (TPSA) is 20.3 Å². The molecule has 0 radical (unpaired) electrons. The molecule has 2 rings (SSSR count). The molecular weight excluding hydrogens is 270 g/mol. The molecule has 1 saturated heterocycles. The van der Waals surface area contributed by atoms with Crippen LogP contribution < -0.4 is 0 Å². The Morgan fingerprint density at radius 1 is 1.23 bits per heavy atom. The van der Waals surface area contributed by atoms with Crippen LogP contribution in [0.15, 0.2) is 55.6 Å². The molecule has 1 aromatic rings. The third-order valence-electron chi connectivity index (χ3n) is 4.72. The van der Waals surface area contributed by atoms with Crippen LogP contribution in [0, 0.1) is 5.92 Å². The number of rotatable bonds is 7. The van der Waals surface area contributed by atoms with Gasteiger partial charge < -0.3 is 0 Å². The van der Waals surface area contributed by atoms with Crippen molar-refractivity contribution < 1.29 is 4.79 Å². The number of hydrogen-bond donors (Lipinski definition) is 0. The molecule has 118 valence electrons. The number of Topliss-reactive ketones (excluding diaryl/α,β-unsaturated/α-hetero) is 1. The highest BCUT2D eigenvalue weighted by Gasteiger charge is 2.39. The third kappa shape index (κ3) is 3.75. The lowest BCUT2D eigenvalue weighted by Crippen LogP contribution is -2.50. The average molecular weight is 297 g/mol. The molecule has 0 amide bonds. The maximum Gasteiger partial charge on any atom is 0.139 e. The number of benzene rings is 1. The molecule has 0 unspecified atom stereocenters. The number of piperidine rings is 1. The number of likely N-dealkylation sites (tertiary alicyclic amines) is 1. The highest BCUT2D eigenvalue weighted by Crippen LogP contribution is 2.37. The number of ketones is 1. The summed E-state index contributed by atoms with van der Waals surface area (Å²) in [7, 11) is 0. The van der Waals surface area contributed by atoms with E-state index >= 15 is 0 Å². The minimum absolute atomic E-state index is 0.0849. The number of carbonyl (C=O) groups is 1. The summed E-state index contributed by atoms with van der Waals surface area (Å²) in [5.41, 5.74) is 1.25. The Labute approximate surface area is 134 Å². The van der Waals surface area contributed by atoms with Gasteiger partial charge in [0.25, 0.3) is 0 Å². The molecule has 2 nitrogen and oxygen atoms in total. The smallest absolute Gasteiger partial charge is 0.139 e. The molecule has 0 N–H and O–H groups in total. The molecule has 1 heterocycles. The predicted molar refractivity (Wildman–Crippen MR) is 92.7 cm³/mol. The van der Waals surface area contributed by atoms with E-state index in [0.717, 1.165) is 25.8 Å². The van der Waals surface area contributed by atoms with E-state index in [1.54, 1.807) is 0 Å². The zero-order valence-corrected chi connectivity index (χ0v) is 13.6. The summed E-state index contributed by atoms with van der Waals surface area (Å²) in [6.45, 7) is 10.8. The second-order valence-electron chi connectivity index (χ2n) is 6.15. The lowest BCUT2D eigenvalue weighted by molar-refractivity contribution is -0.131. The third-order valence-corrected chi connectivity index (χ3v) is 4.72. The fourth-order valence-corrected chi connectivity index (χ4v) is 3.46. The largest absolute Gasteiger partial charge is 0.299 e. The first-order valence-corrected chi connectivity index (χ1v) is 8.24. The van der Waals surface area contributed by atoms with E-state index in [1.807, 2.05) is 18.2 Å². The Morgan fingerprint density at radius 2 is 1.95 bits per heavy atom. The van der Waals surface area contributed by atoms with Crippen molar-refractivity contribution in [2.45, 2.75) is 44.7 Å². The van der Waals surface area contributed by atoms with E-state index < -0.39 is 0 Å². The molecular formula is C20H27NO. The van der Waals surface area contributed by atoms with Crippen LogP contribution >= 0.6 is 0 Å². The van der Waals surface area contributed by atoms with Crippen LogP contribution in [0.2, 0.25) is 0 Å². The van der Waals surface area contributed by atoms with Gasteiger partial charge in [-0.3, -0.25) is 9.69 Å². The standard InChI is InChI=1S/C20H27NO/c1-4-6-10-14-21-18(11-5-2)16(3)20(22)15-19(21)17-12-8-7-9-13-17/h4-5,7-9,12-13,16,18-19H,1-2,6,10-11,14-15H2,3H3/t16-,18-,19-/m0/s1. The minimum Gasteiger partial charge on any atom is -0.299 e. The number of carbonyl (C=O) groups excluding carboxylic acids is 1. The van der Waals surface area contributed by atoms with Crippen LogP contribution in [0.5, 0.6) is 0 Å². The summed E-state index contributed by atoms with van der Waals surface area (Å²) >= 11 is 0. The normalized spacial score (nSPS) is 25.9. The summed E-state index contributed by atoms with van der Waals surface area (Å²) in [6.07, 6.45) is 7.50. The van der Waals surface area contributed by atoms with Crippen LogP contribution in [0.1, 0.15) is 44.2 Å². The molecule has 1 aliphatic rings. The van der Waals surface area contributed by atoms with Crippen LogP contribution in [0.3, 0.4) is 0 Å². The number of allylic oxidation sites excluding steroid dienone is 1. The van der Waals surface area contributed by atoms with E-state index in [9.17, 15) is 4.79 Å². The van der Waals surface area contributed by atoms with Gasteiger partial charge in [-0.2, -0.15) is 0 Å². The van der Waals surface area contributed by atoms with E-state index in [4.69, 9.17) is 0 Å². The summed E-state index contributed by atoms with van der Waals surface area (Å²) in [5, 5.41) is 0.